The Morgan fingerprint density at radius 3 is 2.52 bits per heavy atom. The highest BCUT2D eigenvalue weighted by Gasteiger charge is 2.12. The summed E-state index contributed by atoms with van der Waals surface area (Å²) in [5.74, 6) is 0.535. The maximum absolute atomic E-state index is 12.3. The highest BCUT2D eigenvalue weighted by atomic mass is 35.5. The van der Waals surface area contributed by atoms with E-state index in [1.54, 1.807) is 28.6 Å². The number of benzene rings is 1. The van der Waals surface area contributed by atoms with Gasteiger partial charge in [0.15, 0.2) is 6.73 Å². The summed E-state index contributed by atoms with van der Waals surface area (Å²) in [4.78, 5) is 12.3. The van der Waals surface area contributed by atoms with Crippen LogP contribution in [0.25, 0.3) is 0 Å². The smallest absolute Gasteiger partial charge is 0.271 e. The Morgan fingerprint density at radius 1 is 1.14 bits per heavy atom. The molecule has 154 valence electrons. The Hall–Kier alpha value is -2.51. The molecule has 2 aromatic heterocycles. The number of hydrogen-bond donors (Lipinski definition) is 1. The van der Waals surface area contributed by atoms with Crippen LogP contribution in [0.4, 0.5) is 0 Å². The lowest BCUT2D eigenvalue weighted by Crippen LogP contribution is -2.26. The molecule has 7 nitrogen and oxygen atoms in total. The maximum Gasteiger partial charge on any atom is 0.271 e. The van der Waals surface area contributed by atoms with Crippen LogP contribution in [0, 0.1) is 20.8 Å². The molecule has 0 spiro atoms. The minimum absolute atomic E-state index is 0.230. The predicted octanol–water partition coefficient (Wildman–Crippen LogP) is 4.17. The fraction of sp³-hybridized carbons (Fsp3) is 0.350. The van der Waals surface area contributed by atoms with Crippen molar-refractivity contribution in [1.82, 2.24) is 24.9 Å². The first-order valence-corrected chi connectivity index (χ1v) is 10.00. The van der Waals surface area contributed by atoms with Gasteiger partial charge >= 0.3 is 0 Å². The number of amides is 1. The summed E-state index contributed by atoms with van der Waals surface area (Å²) >= 11 is 12.1. The number of carbonyl (C=O) groups is 1. The molecule has 2 heterocycles. The molecule has 0 atom stereocenters. The van der Waals surface area contributed by atoms with Crippen LogP contribution in [0.1, 0.15) is 33.7 Å². The van der Waals surface area contributed by atoms with Crippen LogP contribution in [-0.4, -0.2) is 32.0 Å². The molecule has 0 radical (unpaired) electrons. The van der Waals surface area contributed by atoms with Gasteiger partial charge in [-0.25, -0.2) is 4.68 Å². The number of rotatable bonds is 8. The van der Waals surface area contributed by atoms with E-state index >= 15 is 0 Å². The second-order valence-corrected chi connectivity index (χ2v) is 7.60. The Bertz CT molecular complexity index is 992. The molecule has 0 saturated heterocycles. The summed E-state index contributed by atoms with van der Waals surface area (Å²) in [6.07, 6.45) is 2.38. The fourth-order valence-electron chi connectivity index (χ4n) is 2.91. The summed E-state index contributed by atoms with van der Waals surface area (Å²) in [7, 11) is 0. The Labute approximate surface area is 179 Å². The first-order valence-electron chi connectivity index (χ1n) is 9.24. The van der Waals surface area contributed by atoms with Crippen molar-refractivity contribution in [3.8, 4) is 5.75 Å². The number of nitrogens with zero attached hydrogens (tertiary/aromatic N) is 4. The molecule has 0 aliphatic carbocycles. The zero-order valence-corrected chi connectivity index (χ0v) is 18.1. The number of halogens is 2. The first kappa shape index (κ1) is 21.2. The number of hydrogen-bond acceptors (Lipinski definition) is 4. The molecule has 29 heavy (non-hydrogen) atoms. The van der Waals surface area contributed by atoms with Crippen molar-refractivity contribution < 1.29 is 9.53 Å². The second-order valence-electron chi connectivity index (χ2n) is 6.86. The predicted molar refractivity (Wildman–Crippen MR) is 113 cm³/mol. The molecular formula is C20H23Cl2N5O2. The fourth-order valence-corrected chi connectivity index (χ4v) is 3.31. The van der Waals surface area contributed by atoms with Crippen molar-refractivity contribution in [2.24, 2.45) is 0 Å². The average Bonchev–Trinajstić information content (AvgIpc) is 3.24. The van der Waals surface area contributed by atoms with Crippen molar-refractivity contribution in [1.29, 1.82) is 0 Å². The van der Waals surface area contributed by atoms with E-state index in [9.17, 15) is 4.79 Å². The van der Waals surface area contributed by atoms with E-state index in [0.717, 1.165) is 16.9 Å². The second kappa shape index (κ2) is 9.33. The molecule has 0 unspecified atom stereocenters. The van der Waals surface area contributed by atoms with Crippen LogP contribution in [0.2, 0.25) is 10.2 Å². The van der Waals surface area contributed by atoms with Gasteiger partial charge in [-0.3, -0.25) is 9.48 Å². The van der Waals surface area contributed by atoms with Gasteiger partial charge in [0, 0.05) is 19.3 Å². The van der Waals surface area contributed by atoms with Crippen LogP contribution in [0.15, 0.2) is 30.5 Å². The highest BCUT2D eigenvalue weighted by Crippen LogP contribution is 2.24. The largest absolute Gasteiger partial charge is 0.471 e. The Balaban J connectivity index is 1.45. The molecule has 3 aromatic rings. The van der Waals surface area contributed by atoms with Crippen LogP contribution >= 0.6 is 23.2 Å². The molecule has 1 amide bonds. The van der Waals surface area contributed by atoms with Gasteiger partial charge in [0.25, 0.3) is 5.91 Å². The SMILES string of the molecule is Cc1cc(C)cc(OCn2ccc(C(=O)NCCCn3nc(C)c(Cl)c3Cl)n2)c1. The van der Waals surface area contributed by atoms with Gasteiger partial charge in [0.05, 0.1) is 5.69 Å². The molecule has 1 aromatic carbocycles. The van der Waals surface area contributed by atoms with Crippen LogP contribution in [0.3, 0.4) is 0 Å². The lowest BCUT2D eigenvalue weighted by atomic mass is 10.1. The van der Waals surface area contributed by atoms with E-state index in [-0.39, 0.29) is 12.6 Å². The molecule has 0 bridgehead atoms. The molecule has 0 aliphatic heterocycles. The van der Waals surface area contributed by atoms with Gasteiger partial charge in [-0.15, -0.1) is 0 Å². The third kappa shape index (κ3) is 5.52. The zero-order valence-electron chi connectivity index (χ0n) is 16.6. The number of aromatic nitrogens is 4. The molecule has 0 saturated carbocycles. The number of carbonyl (C=O) groups excluding carboxylic acids is 1. The molecule has 0 fully saturated rings. The van der Waals surface area contributed by atoms with Gasteiger partial charge in [-0.05, 0) is 56.5 Å². The normalized spacial score (nSPS) is 10.9. The van der Waals surface area contributed by atoms with Crippen molar-refractivity contribution >= 4 is 29.1 Å². The van der Waals surface area contributed by atoms with Gasteiger partial charge < -0.3 is 10.1 Å². The van der Waals surface area contributed by atoms with E-state index < -0.39 is 0 Å². The molecule has 9 heteroatoms. The summed E-state index contributed by atoms with van der Waals surface area (Å²) in [5.41, 5.74) is 3.29. The molecule has 3 rings (SSSR count). The summed E-state index contributed by atoms with van der Waals surface area (Å²) in [6, 6.07) is 7.67. The summed E-state index contributed by atoms with van der Waals surface area (Å²) < 4.78 is 8.97. The van der Waals surface area contributed by atoms with Crippen molar-refractivity contribution in [3.63, 3.8) is 0 Å². The van der Waals surface area contributed by atoms with E-state index in [1.165, 1.54) is 0 Å². The quantitative estimate of drug-likeness (QED) is 0.538. The molecule has 0 aliphatic rings. The van der Waals surface area contributed by atoms with E-state index in [2.05, 4.69) is 21.6 Å². The number of aryl methyl sites for hydroxylation is 4. The standard InChI is InChI=1S/C20H23Cl2N5O2/c1-13-9-14(2)11-16(10-13)29-12-26-8-5-17(25-26)20(28)23-6-4-7-27-19(22)18(21)15(3)24-27/h5,8-11H,4,6-7,12H2,1-3H3,(H,23,28). The van der Waals surface area contributed by atoms with Crippen molar-refractivity contribution in [3.05, 3.63) is 63.2 Å². The number of nitrogens with one attached hydrogen (secondary N) is 1. The van der Waals surface area contributed by atoms with Crippen LogP contribution < -0.4 is 10.1 Å². The van der Waals surface area contributed by atoms with Crippen molar-refractivity contribution in [2.45, 2.75) is 40.5 Å². The Morgan fingerprint density at radius 2 is 1.86 bits per heavy atom. The number of ether oxygens (including phenoxy) is 1. The summed E-state index contributed by atoms with van der Waals surface area (Å²) in [6.45, 7) is 7.10. The highest BCUT2D eigenvalue weighted by molar-refractivity contribution is 6.41. The average molecular weight is 436 g/mol. The Kier molecular flexibility index (Phi) is 6.82. The topological polar surface area (TPSA) is 74.0 Å². The van der Waals surface area contributed by atoms with Crippen LogP contribution in [-0.2, 0) is 13.3 Å². The molecular weight excluding hydrogens is 413 g/mol. The van der Waals surface area contributed by atoms with Crippen molar-refractivity contribution in [2.75, 3.05) is 6.54 Å². The first-order chi connectivity index (χ1) is 13.8. The lowest BCUT2D eigenvalue weighted by Gasteiger charge is -2.08. The van der Waals surface area contributed by atoms with E-state index in [1.807, 2.05) is 26.0 Å². The summed E-state index contributed by atoms with van der Waals surface area (Å²) in [5, 5.41) is 12.2. The third-order valence-corrected chi connectivity index (χ3v) is 5.19. The molecule has 1 N–H and O–H groups in total. The third-order valence-electron chi connectivity index (χ3n) is 4.26. The van der Waals surface area contributed by atoms with Crippen LogP contribution in [0.5, 0.6) is 5.75 Å². The van der Waals surface area contributed by atoms with Gasteiger partial charge in [-0.2, -0.15) is 10.2 Å². The minimum atomic E-state index is -0.240. The van der Waals surface area contributed by atoms with E-state index in [4.69, 9.17) is 27.9 Å². The van der Waals surface area contributed by atoms with Gasteiger partial charge in [0.2, 0.25) is 0 Å². The lowest BCUT2D eigenvalue weighted by molar-refractivity contribution is 0.0945. The maximum atomic E-state index is 12.3. The van der Waals surface area contributed by atoms with Gasteiger partial charge in [-0.1, -0.05) is 29.3 Å². The monoisotopic (exact) mass is 435 g/mol. The minimum Gasteiger partial charge on any atom is -0.471 e. The van der Waals surface area contributed by atoms with E-state index in [0.29, 0.717) is 41.1 Å². The zero-order chi connectivity index (χ0) is 21.0. The van der Waals surface area contributed by atoms with Gasteiger partial charge in [0.1, 0.15) is 21.6 Å².